The van der Waals surface area contributed by atoms with E-state index in [2.05, 4.69) is 66.3 Å². The zero-order valence-corrected chi connectivity index (χ0v) is 20.6. The summed E-state index contributed by atoms with van der Waals surface area (Å²) < 4.78 is 5.90. The molecule has 32 heavy (non-hydrogen) atoms. The lowest BCUT2D eigenvalue weighted by Gasteiger charge is -2.21. The summed E-state index contributed by atoms with van der Waals surface area (Å²) in [7, 11) is 4.13. The first kappa shape index (κ1) is 25.9. The molecule has 5 heteroatoms. The molecule has 0 aliphatic rings. The zero-order valence-electron chi connectivity index (χ0n) is 19.8. The number of unbranched alkanes of at least 4 members (excludes halogenated alkanes) is 3. The first-order valence-electron chi connectivity index (χ1n) is 11.7. The molecule has 4 nitrogen and oxygen atoms in total. The topological polar surface area (TPSA) is 27.7 Å². The Balaban J connectivity index is 1.59. The third-order valence-corrected chi connectivity index (χ3v) is 5.85. The minimum atomic E-state index is 0.741. The molecular formula is C27H39N3OS. The van der Waals surface area contributed by atoms with E-state index in [1.807, 2.05) is 30.2 Å². The fourth-order valence-electron chi connectivity index (χ4n) is 3.47. The third-order valence-electron chi connectivity index (χ3n) is 5.43. The monoisotopic (exact) mass is 453 g/mol. The number of nitrogens with one attached hydrogen (secondary N) is 1. The van der Waals surface area contributed by atoms with Crippen LogP contribution in [0.25, 0.3) is 0 Å². The number of ether oxygens (including phenoxy) is 1. The molecule has 2 aromatic carbocycles. The first-order valence-corrected chi connectivity index (χ1v) is 12.1. The highest BCUT2D eigenvalue weighted by molar-refractivity contribution is 7.80. The van der Waals surface area contributed by atoms with Crippen LogP contribution in [0.1, 0.15) is 37.7 Å². The quantitative estimate of drug-likeness (QED) is 0.213. The molecule has 0 saturated heterocycles. The Morgan fingerprint density at radius 1 is 0.969 bits per heavy atom. The first-order chi connectivity index (χ1) is 15.6. The van der Waals surface area contributed by atoms with Gasteiger partial charge in [-0.3, -0.25) is 0 Å². The van der Waals surface area contributed by atoms with Crippen LogP contribution in [-0.2, 0) is 6.42 Å². The Hall–Kier alpha value is -2.37. The smallest absolute Gasteiger partial charge is 0.173 e. The van der Waals surface area contributed by atoms with Crippen molar-refractivity contribution in [3.8, 4) is 5.75 Å². The van der Waals surface area contributed by atoms with Gasteiger partial charge in [-0.05, 0) is 81.3 Å². The molecule has 1 N–H and O–H groups in total. The lowest BCUT2D eigenvalue weighted by molar-refractivity contribution is 0.300. The van der Waals surface area contributed by atoms with Crippen LogP contribution in [0.15, 0.2) is 67.3 Å². The number of aryl methyl sites for hydroxylation is 1. The normalized spacial score (nSPS) is 10.7. The molecule has 0 aromatic heterocycles. The van der Waals surface area contributed by atoms with E-state index >= 15 is 0 Å². The summed E-state index contributed by atoms with van der Waals surface area (Å²) in [6.45, 7) is 7.50. The summed E-state index contributed by atoms with van der Waals surface area (Å²) in [5.41, 5.74) is 2.42. The van der Waals surface area contributed by atoms with E-state index in [-0.39, 0.29) is 0 Å². The standard InChI is InChI=1S/C27H39N3OS/c1-4-21-29(2)22-10-5-6-11-23-31-26-18-16-25(17-19-26)30(3)27(32)28-20-12-15-24-13-8-7-9-14-24/h4,7-9,13-14,16-19H,1,5-6,10-12,15,20-23H2,2-3H3,(H,28,32). The number of thiocarbonyl (C=S) groups is 1. The molecule has 0 aliphatic heterocycles. The maximum absolute atomic E-state index is 5.90. The number of benzene rings is 2. The Labute approximate surface area is 200 Å². The number of hydrogen-bond donors (Lipinski definition) is 1. The van der Waals surface area contributed by atoms with E-state index in [9.17, 15) is 0 Å². The van der Waals surface area contributed by atoms with Crippen LogP contribution in [0.4, 0.5) is 5.69 Å². The van der Waals surface area contributed by atoms with Crippen LogP contribution in [0.5, 0.6) is 5.75 Å². The minimum absolute atomic E-state index is 0.741. The van der Waals surface area contributed by atoms with Crippen molar-refractivity contribution in [1.82, 2.24) is 10.2 Å². The van der Waals surface area contributed by atoms with Crippen LogP contribution < -0.4 is 15.0 Å². The highest BCUT2D eigenvalue weighted by Gasteiger charge is 2.07. The predicted octanol–water partition coefficient (Wildman–Crippen LogP) is 5.69. The lowest BCUT2D eigenvalue weighted by Crippen LogP contribution is -2.37. The molecule has 2 rings (SSSR count). The van der Waals surface area contributed by atoms with E-state index in [1.54, 1.807) is 0 Å². The van der Waals surface area contributed by atoms with E-state index < -0.39 is 0 Å². The maximum atomic E-state index is 5.90. The Bertz CT molecular complexity index is 779. The summed E-state index contributed by atoms with van der Waals surface area (Å²) in [4.78, 5) is 4.30. The van der Waals surface area contributed by atoms with Crippen LogP contribution >= 0.6 is 12.2 Å². The number of nitrogens with zero attached hydrogens (tertiary/aromatic N) is 2. The van der Waals surface area contributed by atoms with Gasteiger partial charge in [0.05, 0.1) is 6.61 Å². The van der Waals surface area contributed by atoms with E-state index in [0.29, 0.717) is 0 Å². The molecule has 0 fully saturated rings. The molecule has 0 heterocycles. The number of hydrogen-bond acceptors (Lipinski definition) is 3. The number of rotatable bonds is 15. The number of likely N-dealkylation sites (N-methyl/N-ethyl adjacent to an activating group) is 1. The van der Waals surface area contributed by atoms with Crippen molar-refractivity contribution in [1.29, 1.82) is 0 Å². The lowest BCUT2D eigenvalue weighted by atomic mass is 10.1. The van der Waals surface area contributed by atoms with Gasteiger partial charge in [0.15, 0.2) is 5.11 Å². The molecule has 2 aromatic rings. The fourth-order valence-corrected chi connectivity index (χ4v) is 3.68. The van der Waals surface area contributed by atoms with Crippen molar-refractivity contribution in [2.45, 2.75) is 38.5 Å². The summed E-state index contributed by atoms with van der Waals surface area (Å²) in [6, 6.07) is 18.7. The van der Waals surface area contributed by atoms with E-state index in [4.69, 9.17) is 17.0 Å². The van der Waals surface area contributed by atoms with Crippen molar-refractivity contribution < 1.29 is 4.74 Å². The molecule has 0 spiro atoms. The van der Waals surface area contributed by atoms with Crippen LogP contribution in [0.2, 0.25) is 0 Å². The molecule has 0 unspecified atom stereocenters. The Morgan fingerprint density at radius 3 is 2.41 bits per heavy atom. The molecule has 0 saturated carbocycles. The Kier molecular flexibility index (Phi) is 12.5. The fraction of sp³-hybridized carbons (Fsp3) is 0.444. The summed E-state index contributed by atoms with van der Waals surface area (Å²) >= 11 is 5.55. The van der Waals surface area contributed by atoms with E-state index in [1.165, 1.54) is 24.8 Å². The molecule has 0 radical (unpaired) electrons. The van der Waals surface area contributed by atoms with Gasteiger partial charge in [-0.1, -0.05) is 49.2 Å². The maximum Gasteiger partial charge on any atom is 0.173 e. The molecule has 0 amide bonds. The van der Waals surface area contributed by atoms with Crippen LogP contribution in [-0.4, -0.2) is 50.3 Å². The van der Waals surface area contributed by atoms with Crippen LogP contribution in [0, 0.1) is 0 Å². The molecule has 0 aliphatic carbocycles. The van der Waals surface area contributed by atoms with Gasteiger partial charge in [0.2, 0.25) is 0 Å². The van der Waals surface area contributed by atoms with Gasteiger partial charge < -0.3 is 19.9 Å². The number of anilines is 1. The second-order valence-corrected chi connectivity index (χ2v) is 8.57. The molecule has 174 valence electrons. The molecule has 0 bridgehead atoms. The van der Waals surface area contributed by atoms with E-state index in [0.717, 1.165) is 62.1 Å². The van der Waals surface area contributed by atoms with Gasteiger partial charge in [0.1, 0.15) is 5.75 Å². The van der Waals surface area contributed by atoms with Gasteiger partial charge in [0.25, 0.3) is 0 Å². The second kappa shape index (κ2) is 15.4. The highest BCUT2D eigenvalue weighted by Crippen LogP contribution is 2.19. The summed E-state index contributed by atoms with van der Waals surface area (Å²) in [5.74, 6) is 0.912. The summed E-state index contributed by atoms with van der Waals surface area (Å²) in [5, 5.41) is 4.10. The van der Waals surface area contributed by atoms with Gasteiger partial charge in [-0.25, -0.2) is 0 Å². The molecule has 0 atom stereocenters. The Morgan fingerprint density at radius 2 is 1.69 bits per heavy atom. The van der Waals surface area contributed by atoms with Crippen LogP contribution in [0.3, 0.4) is 0 Å². The van der Waals surface area contributed by atoms with Crippen molar-refractivity contribution in [2.24, 2.45) is 0 Å². The molecular weight excluding hydrogens is 414 g/mol. The highest BCUT2D eigenvalue weighted by atomic mass is 32.1. The van der Waals surface area contributed by atoms with Crippen molar-refractivity contribution in [2.75, 3.05) is 45.2 Å². The zero-order chi connectivity index (χ0) is 23.0. The van der Waals surface area contributed by atoms with Gasteiger partial charge in [-0.15, -0.1) is 6.58 Å². The van der Waals surface area contributed by atoms with Crippen molar-refractivity contribution in [3.63, 3.8) is 0 Å². The largest absolute Gasteiger partial charge is 0.494 e. The average Bonchev–Trinajstić information content (AvgIpc) is 2.82. The second-order valence-electron chi connectivity index (χ2n) is 8.19. The average molecular weight is 454 g/mol. The SMILES string of the molecule is C=CCN(C)CCCCCCOc1ccc(N(C)C(=S)NCCCc2ccccc2)cc1. The third kappa shape index (κ3) is 10.3. The summed E-state index contributed by atoms with van der Waals surface area (Å²) in [6.07, 6.45) is 8.82. The minimum Gasteiger partial charge on any atom is -0.494 e. The van der Waals surface area contributed by atoms with Gasteiger partial charge in [-0.2, -0.15) is 0 Å². The van der Waals surface area contributed by atoms with Gasteiger partial charge >= 0.3 is 0 Å². The van der Waals surface area contributed by atoms with Crippen molar-refractivity contribution >= 4 is 23.0 Å². The van der Waals surface area contributed by atoms with Crippen molar-refractivity contribution in [3.05, 3.63) is 72.8 Å². The van der Waals surface area contributed by atoms with Gasteiger partial charge in [0, 0.05) is 25.8 Å². The predicted molar refractivity (Wildman–Crippen MR) is 142 cm³/mol.